The van der Waals surface area contributed by atoms with E-state index in [1.807, 2.05) is 19.1 Å². The Morgan fingerprint density at radius 2 is 1.93 bits per heavy atom. The first kappa shape index (κ1) is 11.0. The molecule has 0 aliphatic heterocycles. The van der Waals surface area contributed by atoms with Gasteiger partial charge in [0.05, 0.1) is 5.25 Å². The second kappa shape index (κ2) is 4.00. The van der Waals surface area contributed by atoms with E-state index in [0.717, 1.165) is 5.56 Å². The van der Waals surface area contributed by atoms with E-state index in [9.17, 15) is 8.42 Å². The molecule has 4 heteroatoms. The molecule has 0 saturated carbocycles. The number of benzene rings is 1. The highest BCUT2D eigenvalue weighted by Crippen LogP contribution is 2.13. The van der Waals surface area contributed by atoms with Gasteiger partial charge in [0.25, 0.3) is 0 Å². The Bertz CT molecular complexity index is 410. The Labute approximate surface area is 85.2 Å². The molecule has 0 aromatic heterocycles. The number of rotatable bonds is 3. The van der Waals surface area contributed by atoms with Gasteiger partial charge >= 0.3 is 0 Å². The first-order chi connectivity index (χ1) is 6.42. The van der Waals surface area contributed by atoms with E-state index in [2.05, 4.69) is 4.72 Å². The fraction of sp³-hybridized carbons (Fsp3) is 0.400. The minimum atomic E-state index is -3.22. The van der Waals surface area contributed by atoms with Crippen LogP contribution in [0.3, 0.4) is 0 Å². The number of sulfonamides is 1. The molecule has 1 N–H and O–H groups in total. The van der Waals surface area contributed by atoms with Crippen LogP contribution in [0.15, 0.2) is 24.3 Å². The molecule has 0 bridgehead atoms. The van der Waals surface area contributed by atoms with Crippen molar-refractivity contribution in [2.45, 2.75) is 26.0 Å². The van der Waals surface area contributed by atoms with Crippen LogP contribution in [0.25, 0.3) is 0 Å². The van der Waals surface area contributed by atoms with E-state index in [1.165, 1.54) is 0 Å². The highest BCUT2D eigenvalue weighted by atomic mass is 32.2. The molecule has 1 rings (SSSR count). The zero-order chi connectivity index (χ0) is 10.8. The standard InChI is InChI=1S/C10H15NO2S/c1-8(2)14(12,13)11-10-6-4-5-9(3)7-10/h4-8,11H,1-3H3. The third-order valence-corrected chi connectivity index (χ3v) is 3.66. The predicted octanol–water partition coefficient (Wildman–Crippen LogP) is 2.15. The minimum Gasteiger partial charge on any atom is -0.283 e. The summed E-state index contributed by atoms with van der Waals surface area (Å²) >= 11 is 0. The van der Waals surface area contributed by atoms with Gasteiger partial charge in [0.15, 0.2) is 0 Å². The molecule has 1 aromatic carbocycles. The molecule has 0 fully saturated rings. The van der Waals surface area contributed by atoms with Gasteiger partial charge in [-0.3, -0.25) is 4.72 Å². The van der Waals surface area contributed by atoms with Crippen LogP contribution in [0.1, 0.15) is 19.4 Å². The molecule has 0 atom stereocenters. The zero-order valence-corrected chi connectivity index (χ0v) is 9.43. The lowest BCUT2D eigenvalue weighted by atomic mass is 10.2. The van der Waals surface area contributed by atoms with E-state index >= 15 is 0 Å². The van der Waals surface area contributed by atoms with E-state index in [1.54, 1.807) is 26.0 Å². The number of hydrogen-bond donors (Lipinski definition) is 1. The fourth-order valence-corrected chi connectivity index (χ4v) is 1.68. The molecule has 78 valence electrons. The number of anilines is 1. The van der Waals surface area contributed by atoms with Crippen LogP contribution >= 0.6 is 0 Å². The normalized spacial score (nSPS) is 11.7. The number of hydrogen-bond acceptors (Lipinski definition) is 2. The van der Waals surface area contributed by atoms with E-state index in [4.69, 9.17) is 0 Å². The molecule has 0 spiro atoms. The SMILES string of the molecule is Cc1cccc(NS(=O)(=O)C(C)C)c1. The van der Waals surface area contributed by atoms with Gasteiger partial charge in [-0.05, 0) is 38.5 Å². The van der Waals surface area contributed by atoms with Crippen LogP contribution in [-0.2, 0) is 10.0 Å². The van der Waals surface area contributed by atoms with Gasteiger partial charge < -0.3 is 0 Å². The van der Waals surface area contributed by atoms with Crippen molar-refractivity contribution < 1.29 is 8.42 Å². The van der Waals surface area contributed by atoms with E-state index in [0.29, 0.717) is 5.69 Å². The van der Waals surface area contributed by atoms with Crippen LogP contribution in [0.4, 0.5) is 5.69 Å². The lowest BCUT2D eigenvalue weighted by Crippen LogP contribution is -2.22. The molecule has 0 heterocycles. The fourth-order valence-electron chi connectivity index (χ4n) is 0.991. The summed E-state index contributed by atoms with van der Waals surface area (Å²) < 4.78 is 25.5. The maximum Gasteiger partial charge on any atom is 0.235 e. The van der Waals surface area contributed by atoms with Crippen LogP contribution in [0.2, 0.25) is 0 Å². The Morgan fingerprint density at radius 3 is 2.43 bits per heavy atom. The average Bonchev–Trinajstić information content (AvgIpc) is 2.02. The van der Waals surface area contributed by atoms with Crippen molar-refractivity contribution in [3.8, 4) is 0 Å². The summed E-state index contributed by atoms with van der Waals surface area (Å²) in [6.45, 7) is 5.23. The molecule has 0 saturated heterocycles. The van der Waals surface area contributed by atoms with E-state index in [-0.39, 0.29) is 0 Å². The lowest BCUT2D eigenvalue weighted by Gasteiger charge is -2.10. The smallest absolute Gasteiger partial charge is 0.235 e. The molecule has 1 aromatic rings. The van der Waals surface area contributed by atoms with Gasteiger partial charge in [-0.25, -0.2) is 8.42 Å². The van der Waals surface area contributed by atoms with Crippen molar-refractivity contribution in [1.82, 2.24) is 0 Å². The molecular formula is C10H15NO2S. The van der Waals surface area contributed by atoms with Crippen LogP contribution in [0.5, 0.6) is 0 Å². The van der Waals surface area contributed by atoms with Crippen molar-refractivity contribution in [2.24, 2.45) is 0 Å². The van der Waals surface area contributed by atoms with Gasteiger partial charge in [0, 0.05) is 5.69 Å². The Kier molecular flexibility index (Phi) is 3.16. The second-order valence-electron chi connectivity index (χ2n) is 3.57. The summed E-state index contributed by atoms with van der Waals surface area (Å²) in [6, 6.07) is 7.30. The summed E-state index contributed by atoms with van der Waals surface area (Å²) in [7, 11) is -3.22. The molecule has 0 aliphatic carbocycles. The van der Waals surface area contributed by atoms with Gasteiger partial charge in [-0.15, -0.1) is 0 Å². The maximum absolute atomic E-state index is 11.5. The summed E-state index contributed by atoms with van der Waals surface area (Å²) in [5.41, 5.74) is 1.66. The monoisotopic (exact) mass is 213 g/mol. The van der Waals surface area contributed by atoms with Crippen LogP contribution in [0, 0.1) is 6.92 Å². The molecule has 0 unspecified atom stereocenters. The Hall–Kier alpha value is -1.03. The van der Waals surface area contributed by atoms with Crippen molar-refractivity contribution in [3.63, 3.8) is 0 Å². The largest absolute Gasteiger partial charge is 0.283 e. The topological polar surface area (TPSA) is 46.2 Å². The van der Waals surface area contributed by atoms with Gasteiger partial charge in [-0.1, -0.05) is 12.1 Å². The minimum absolute atomic E-state index is 0.414. The number of nitrogens with one attached hydrogen (secondary N) is 1. The van der Waals surface area contributed by atoms with Crippen LogP contribution in [-0.4, -0.2) is 13.7 Å². The summed E-state index contributed by atoms with van der Waals surface area (Å²) in [4.78, 5) is 0. The number of aryl methyl sites for hydroxylation is 1. The van der Waals surface area contributed by atoms with Crippen molar-refractivity contribution in [3.05, 3.63) is 29.8 Å². The highest BCUT2D eigenvalue weighted by Gasteiger charge is 2.14. The molecule has 14 heavy (non-hydrogen) atoms. The summed E-state index contributed by atoms with van der Waals surface area (Å²) in [6.07, 6.45) is 0. The van der Waals surface area contributed by atoms with Gasteiger partial charge in [-0.2, -0.15) is 0 Å². The molecule has 0 aliphatic rings. The zero-order valence-electron chi connectivity index (χ0n) is 8.61. The molecule has 3 nitrogen and oxygen atoms in total. The molecule has 0 radical (unpaired) electrons. The lowest BCUT2D eigenvalue weighted by molar-refractivity contribution is 0.593. The van der Waals surface area contributed by atoms with Gasteiger partial charge in [0.1, 0.15) is 0 Å². The van der Waals surface area contributed by atoms with Gasteiger partial charge in [0.2, 0.25) is 10.0 Å². The van der Waals surface area contributed by atoms with Crippen molar-refractivity contribution >= 4 is 15.7 Å². The third-order valence-electron chi connectivity index (χ3n) is 1.90. The third kappa shape index (κ3) is 2.73. The second-order valence-corrected chi connectivity index (χ2v) is 5.80. The summed E-state index contributed by atoms with van der Waals surface area (Å²) in [5, 5.41) is -0.414. The summed E-state index contributed by atoms with van der Waals surface area (Å²) in [5.74, 6) is 0. The first-order valence-electron chi connectivity index (χ1n) is 4.50. The predicted molar refractivity (Wildman–Crippen MR) is 58.9 cm³/mol. The Balaban J connectivity index is 2.90. The first-order valence-corrected chi connectivity index (χ1v) is 6.05. The average molecular weight is 213 g/mol. The van der Waals surface area contributed by atoms with E-state index < -0.39 is 15.3 Å². The highest BCUT2D eigenvalue weighted by molar-refractivity contribution is 7.93. The quantitative estimate of drug-likeness (QED) is 0.836. The maximum atomic E-state index is 11.5. The van der Waals surface area contributed by atoms with Crippen LogP contribution < -0.4 is 4.72 Å². The van der Waals surface area contributed by atoms with Crippen molar-refractivity contribution in [1.29, 1.82) is 0 Å². The molecule has 0 amide bonds. The Morgan fingerprint density at radius 1 is 1.29 bits per heavy atom. The van der Waals surface area contributed by atoms with Crippen molar-refractivity contribution in [2.75, 3.05) is 4.72 Å². The molecular weight excluding hydrogens is 198 g/mol.